The molecule has 0 aliphatic heterocycles. The lowest BCUT2D eigenvalue weighted by molar-refractivity contribution is -0.136. The molecule has 0 aliphatic rings. The van der Waals surface area contributed by atoms with Gasteiger partial charge in [-0.25, -0.2) is 4.98 Å². The minimum absolute atomic E-state index is 0.0576. The molecule has 2 rings (SSSR count). The van der Waals surface area contributed by atoms with E-state index >= 15 is 0 Å². The van der Waals surface area contributed by atoms with Crippen LogP contribution in [-0.4, -0.2) is 36.3 Å². The standard InChI is InChI=1S/C16H19ClN2O3S/c1-4-19(5-2)16-18-15(13(23-16)9-14(20)21)10-6-7-12(22-3)11(17)8-10/h6-8H,4-5,9H2,1-3H3,(H,20,21). The molecule has 23 heavy (non-hydrogen) atoms. The van der Waals surface area contributed by atoms with Crippen LogP contribution in [0.15, 0.2) is 18.2 Å². The summed E-state index contributed by atoms with van der Waals surface area (Å²) in [5.41, 5.74) is 1.46. The first-order valence-electron chi connectivity index (χ1n) is 7.30. The average molecular weight is 355 g/mol. The van der Waals surface area contributed by atoms with Crippen LogP contribution in [0.4, 0.5) is 5.13 Å². The SMILES string of the molecule is CCN(CC)c1nc(-c2ccc(OC)c(Cl)c2)c(CC(=O)O)s1. The molecule has 0 atom stereocenters. The number of halogens is 1. The van der Waals surface area contributed by atoms with Crippen LogP contribution in [0.2, 0.25) is 5.02 Å². The minimum Gasteiger partial charge on any atom is -0.495 e. The van der Waals surface area contributed by atoms with Crippen molar-refractivity contribution in [1.29, 1.82) is 0 Å². The van der Waals surface area contributed by atoms with Crippen molar-refractivity contribution in [1.82, 2.24) is 4.98 Å². The summed E-state index contributed by atoms with van der Waals surface area (Å²) in [7, 11) is 1.55. The predicted octanol–water partition coefficient (Wildman–Crippen LogP) is 3.95. The van der Waals surface area contributed by atoms with Gasteiger partial charge in [-0.2, -0.15) is 0 Å². The van der Waals surface area contributed by atoms with E-state index < -0.39 is 5.97 Å². The zero-order chi connectivity index (χ0) is 17.0. The van der Waals surface area contributed by atoms with Gasteiger partial charge in [-0.05, 0) is 32.0 Å². The monoisotopic (exact) mass is 354 g/mol. The third-order valence-electron chi connectivity index (χ3n) is 3.46. The van der Waals surface area contributed by atoms with Crippen molar-refractivity contribution in [3.8, 4) is 17.0 Å². The maximum atomic E-state index is 11.2. The quantitative estimate of drug-likeness (QED) is 0.815. The topological polar surface area (TPSA) is 62.7 Å². The number of nitrogens with zero attached hydrogens (tertiary/aromatic N) is 2. The Morgan fingerprint density at radius 3 is 2.61 bits per heavy atom. The van der Waals surface area contributed by atoms with Gasteiger partial charge in [0.05, 0.1) is 24.2 Å². The van der Waals surface area contributed by atoms with E-state index in [0.29, 0.717) is 16.5 Å². The van der Waals surface area contributed by atoms with Gasteiger partial charge in [-0.1, -0.05) is 11.6 Å². The fourth-order valence-electron chi connectivity index (χ4n) is 2.27. The summed E-state index contributed by atoms with van der Waals surface area (Å²) in [6.07, 6.45) is -0.0576. The van der Waals surface area contributed by atoms with E-state index in [1.807, 2.05) is 19.9 Å². The predicted molar refractivity (Wildman–Crippen MR) is 94.0 cm³/mol. The summed E-state index contributed by atoms with van der Waals surface area (Å²) in [6.45, 7) is 5.73. The molecule has 0 fully saturated rings. The molecule has 0 saturated carbocycles. The van der Waals surface area contributed by atoms with Gasteiger partial charge in [0.2, 0.25) is 0 Å². The van der Waals surface area contributed by atoms with Crippen LogP contribution in [0.1, 0.15) is 18.7 Å². The molecule has 1 aromatic heterocycles. The molecule has 0 spiro atoms. The van der Waals surface area contributed by atoms with Crippen LogP contribution in [0.3, 0.4) is 0 Å². The van der Waals surface area contributed by atoms with Crippen LogP contribution in [-0.2, 0) is 11.2 Å². The molecule has 0 bridgehead atoms. The summed E-state index contributed by atoms with van der Waals surface area (Å²) in [6, 6.07) is 5.36. The lowest BCUT2D eigenvalue weighted by Gasteiger charge is -2.16. The molecular weight excluding hydrogens is 336 g/mol. The molecule has 0 aliphatic carbocycles. The zero-order valence-electron chi connectivity index (χ0n) is 13.3. The van der Waals surface area contributed by atoms with E-state index in [1.54, 1.807) is 19.2 Å². The molecule has 0 radical (unpaired) electrons. The van der Waals surface area contributed by atoms with Crippen molar-refractivity contribution < 1.29 is 14.6 Å². The van der Waals surface area contributed by atoms with E-state index in [1.165, 1.54) is 11.3 Å². The van der Waals surface area contributed by atoms with E-state index in [4.69, 9.17) is 21.4 Å². The minimum atomic E-state index is -0.874. The largest absolute Gasteiger partial charge is 0.495 e. The number of carboxylic acid groups (broad SMARTS) is 1. The number of aromatic nitrogens is 1. The molecule has 1 heterocycles. The molecule has 2 aromatic rings. The highest BCUT2D eigenvalue weighted by molar-refractivity contribution is 7.16. The second-order valence-electron chi connectivity index (χ2n) is 4.86. The summed E-state index contributed by atoms with van der Waals surface area (Å²) in [4.78, 5) is 18.6. The number of carbonyl (C=O) groups is 1. The number of hydrogen-bond acceptors (Lipinski definition) is 5. The Hall–Kier alpha value is -1.79. The lowest BCUT2D eigenvalue weighted by atomic mass is 10.1. The van der Waals surface area contributed by atoms with Gasteiger partial charge < -0.3 is 14.7 Å². The first-order chi connectivity index (χ1) is 11.0. The molecule has 1 N–H and O–H groups in total. The first kappa shape index (κ1) is 17.6. The van der Waals surface area contributed by atoms with E-state index in [0.717, 1.165) is 28.7 Å². The lowest BCUT2D eigenvalue weighted by Crippen LogP contribution is -2.21. The van der Waals surface area contributed by atoms with Crippen molar-refractivity contribution >= 4 is 34.0 Å². The normalized spacial score (nSPS) is 10.6. The van der Waals surface area contributed by atoms with Crippen molar-refractivity contribution in [2.24, 2.45) is 0 Å². The Labute approximate surface area is 144 Å². The Morgan fingerprint density at radius 1 is 1.39 bits per heavy atom. The number of hydrogen-bond donors (Lipinski definition) is 1. The second kappa shape index (κ2) is 7.66. The van der Waals surface area contributed by atoms with Gasteiger partial charge in [0.1, 0.15) is 5.75 Å². The Kier molecular flexibility index (Phi) is 5.85. The van der Waals surface area contributed by atoms with Gasteiger partial charge in [0.15, 0.2) is 5.13 Å². The number of carboxylic acids is 1. The summed E-state index contributed by atoms with van der Waals surface area (Å²) in [5.74, 6) is -0.296. The average Bonchev–Trinajstić information content (AvgIpc) is 2.91. The highest BCUT2D eigenvalue weighted by Gasteiger charge is 2.19. The van der Waals surface area contributed by atoms with E-state index in [2.05, 4.69) is 9.88 Å². The number of aliphatic carboxylic acids is 1. The number of ether oxygens (including phenoxy) is 1. The third-order valence-corrected chi connectivity index (χ3v) is 4.87. The molecule has 0 unspecified atom stereocenters. The van der Waals surface area contributed by atoms with Gasteiger partial charge in [0.25, 0.3) is 0 Å². The smallest absolute Gasteiger partial charge is 0.308 e. The van der Waals surface area contributed by atoms with Crippen LogP contribution in [0, 0.1) is 0 Å². The number of thiazole rings is 1. The summed E-state index contributed by atoms with van der Waals surface area (Å²) >= 11 is 7.60. The molecule has 1 aromatic carbocycles. The van der Waals surface area contributed by atoms with Crippen LogP contribution in [0.25, 0.3) is 11.3 Å². The zero-order valence-corrected chi connectivity index (χ0v) is 14.9. The van der Waals surface area contributed by atoms with Gasteiger partial charge in [-0.3, -0.25) is 4.79 Å². The van der Waals surface area contributed by atoms with Crippen LogP contribution in [0.5, 0.6) is 5.75 Å². The van der Waals surface area contributed by atoms with Crippen LogP contribution < -0.4 is 9.64 Å². The molecule has 0 amide bonds. The molecule has 0 saturated heterocycles. The number of methoxy groups -OCH3 is 1. The number of anilines is 1. The molecule has 7 heteroatoms. The first-order valence-corrected chi connectivity index (χ1v) is 8.49. The van der Waals surface area contributed by atoms with E-state index in [9.17, 15) is 4.79 Å². The van der Waals surface area contributed by atoms with Crippen molar-refractivity contribution in [2.45, 2.75) is 20.3 Å². The third kappa shape index (κ3) is 3.95. The summed E-state index contributed by atoms with van der Waals surface area (Å²) in [5, 5.41) is 10.5. The van der Waals surface area contributed by atoms with Gasteiger partial charge in [-0.15, -0.1) is 11.3 Å². The van der Waals surface area contributed by atoms with Gasteiger partial charge >= 0.3 is 5.97 Å². The van der Waals surface area contributed by atoms with Crippen LogP contribution >= 0.6 is 22.9 Å². The summed E-state index contributed by atoms with van der Waals surface area (Å²) < 4.78 is 5.16. The van der Waals surface area contributed by atoms with Gasteiger partial charge in [0, 0.05) is 23.5 Å². The van der Waals surface area contributed by atoms with Crippen molar-refractivity contribution in [3.05, 3.63) is 28.1 Å². The molecule has 5 nitrogen and oxygen atoms in total. The van der Waals surface area contributed by atoms with Crippen molar-refractivity contribution in [3.63, 3.8) is 0 Å². The highest BCUT2D eigenvalue weighted by Crippen LogP contribution is 2.36. The maximum Gasteiger partial charge on any atom is 0.308 e. The Morgan fingerprint density at radius 2 is 2.09 bits per heavy atom. The number of benzene rings is 1. The second-order valence-corrected chi connectivity index (χ2v) is 6.33. The Balaban J connectivity index is 2.50. The fraction of sp³-hybridized carbons (Fsp3) is 0.375. The highest BCUT2D eigenvalue weighted by atomic mass is 35.5. The Bertz CT molecular complexity index is 699. The molecule has 124 valence electrons. The fourth-order valence-corrected chi connectivity index (χ4v) is 3.72. The number of rotatable bonds is 7. The van der Waals surface area contributed by atoms with Crippen molar-refractivity contribution in [2.75, 3.05) is 25.1 Å². The maximum absolute atomic E-state index is 11.2. The molecular formula is C16H19ClN2O3S. The van der Waals surface area contributed by atoms with E-state index in [-0.39, 0.29) is 6.42 Å².